The van der Waals surface area contributed by atoms with Crippen molar-refractivity contribution >= 4 is 10.8 Å². The van der Waals surface area contributed by atoms with Crippen LogP contribution in [0.1, 0.15) is 25.1 Å². The van der Waals surface area contributed by atoms with Gasteiger partial charge in [0.25, 0.3) is 0 Å². The molecule has 3 nitrogen and oxygen atoms in total. The third-order valence-electron chi connectivity index (χ3n) is 2.03. The molecule has 14 heavy (non-hydrogen) atoms. The van der Waals surface area contributed by atoms with Crippen molar-refractivity contribution in [2.45, 2.75) is 19.4 Å². The molecule has 1 rings (SSSR count). The van der Waals surface area contributed by atoms with Crippen LogP contribution in [0.5, 0.6) is 0 Å². The molecule has 2 atom stereocenters. The van der Waals surface area contributed by atoms with E-state index in [0.717, 1.165) is 24.5 Å². The first kappa shape index (κ1) is 11.5. The lowest BCUT2D eigenvalue weighted by molar-refractivity contribution is 0.431. The summed E-state index contributed by atoms with van der Waals surface area (Å²) in [6.45, 7) is 2.93. The Kier molecular flexibility index (Phi) is 4.90. The molecule has 0 saturated carbocycles. The van der Waals surface area contributed by atoms with Crippen molar-refractivity contribution in [3.8, 4) is 0 Å². The van der Waals surface area contributed by atoms with Crippen molar-refractivity contribution in [1.29, 1.82) is 0 Å². The molecule has 0 amide bonds. The summed E-state index contributed by atoms with van der Waals surface area (Å²) < 4.78 is 16.0. The van der Waals surface area contributed by atoms with Crippen LogP contribution in [0.2, 0.25) is 0 Å². The van der Waals surface area contributed by atoms with E-state index in [1.54, 1.807) is 12.5 Å². The van der Waals surface area contributed by atoms with Crippen molar-refractivity contribution in [2.75, 3.05) is 18.6 Å². The average Bonchev–Trinajstić information content (AvgIpc) is 2.64. The van der Waals surface area contributed by atoms with Crippen LogP contribution in [-0.2, 0) is 10.8 Å². The Morgan fingerprint density at radius 2 is 2.43 bits per heavy atom. The molecule has 1 N–H and O–H groups in total. The zero-order chi connectivity index (χ0) is 10.4. The van der Waals surface area contributed by atoms with E-state index in [9.17, 15) is 4.21 Å². The molecule has 80 valence electrons. The summed E-state index contributed by atoms with van der Waals surface area (Å²) >= 11 is 0. The van der Waals surface area contributed by atoms with Gasteiger partial charge in [0.05, 0.1) is 12.3 Å². The molecule has 1 aromatic rings. The van der Waals surface area contributed by atoms with E-state index in [-0.39, 0.29) is 6.04 Å². The standard InChI is InChI=1S/C10H17NO2S/c1-9(10-5-3-7-13-10)11-6-4-8-14(2)12/h3,5,7,9,11H,4,6,8H2,1-2H3. The smallest absolute Gasteiger partial charge is 0.120 e. The van der Waals surface area contributed by atoms with Crippen LogP contribution in [0.25, 0.3) is 0 Å². The third-order valence-corrected chi connectivity index (χ3v) is 2.89. The van der Waals surface area contributed by atoms with Gasteiger partial charge in [0, 0.05) is 22.8 Å². The molecule has 0 aromatic carbocycles. The van der Waals surface area contributed by atoms with Gasteiger partial charge in [0.2, 0.25) is 0 Å². The average molecular weight is 215 g/mol. The highest BCUT2D eigenvalue weighted by molar-refractivity contribution is 7.84. The maximum absolute atomic E-state index is 10.8. The summed E-state index contributed by atoms with van der Waals surface area (Å²) in [5.41, 5.74) is 0. The molecule has 0 spiro atoms. The number of nitrogens with one attached hydrogen (secondary N) is 1. The second kappa shape index (κ2) is 5.98. The Bertz CT molecular complexity index is 272. The van der Waals surface area contributed by atoms with Gasteiger partial charge in [-0.05, 0) is 32.0 Å². The lowest BCUT2D eigenvalue weighted by Crippen LogP contribution is -2.20. The predicted molar refractivity (Wildman–Crippen MR) is 58.7 cm³/mol. The summed E-state index contributed by atoms with van der Waals surface area (Å²) in [5.74, 6) is 1.71. The van der Waals surface area contributed by atoms with Crippen LogP contribution in [0.4, 0.5) is 0 Å². The first-order chi connectivity index (χ1) is 6.70. The zero-order valence-electron chi connectivity index (χ0n) is 8.66. The molecular weight excluding hydrogens is 198 g/mol. The van der Waals surface area contributed by atoms with Crippen molar-refractivity contribution in [2.24, 2.45) is 0 Å². The highest BCUT2D eigenvalue weighted by Gasteiger charge is 2.06. The van der Waals surface area contributed by atoms with Gasteiger partial charge in [0.15, 0.2) is 0 Å². The Morgan fingerprint density at radius 3 is 3.00 bits per heavy atom. The fraction of sp³-hybridized carbons (Fsp3) is 0.600. The SMILES string of the molecule is CC(NCCCS(C)=O)c1ccco1. The van der Waals surface area contributed by atoms with Crippen LogP contribution in [0, 0.1) is 0 Å². The normalized spacial score (nSPS) is 15.3. The van der Waals surface area contributed by atoms with Crippen LogP contribution in [-0.4, -0.2) is 22.8 Å². The Balaban J connectivity index is 2.16. The van der Waals surface area contributed by atoms with E-state index in [1.165, 1.54) is 0 Å². The largest absolute Gasteiger partial charge is 0.468 e. The monoisotopic (exact) mass is 215 g/mol. The third kappa shape index (κ3) is 4.07. The topological polar surface area (TPSA) is 42.2 Å². The van der Waals surface area contributed by atoms with Gasteiger partial charge in [-0.1, -0.05) is 0 Å². The molecule has 4 heteroatoms. The van der Waals surface area contributed by atoms with Gasteiger partial charge in [-0.2, -0.15) is 0 Å². The Labute approximate surface area is 87.3 Å². The molecule has 0 aliphatic heterocycles. The van der Waals surface area contributed by atoms with E-state index in [0.29, 0.717) is 0 Å². The van der Waals surface area contributed by atoms with Crippen LogP contribution >= 0.6 is 0 Å². The van der Waals surface area contributed by atoms with E-state index in [4.69, 9.17) is 4.42 Å². The van der Waals surface area contributed by atoms with E-state index in [2.05, 4.69) is 12.2 Å². The molecule has 0 saturated heterocycles. The van der Waals surface area contributed by atoms with Gasteiger partial charge >= 0.3 is 0 Å². The minimum Gasteiger partial charge on any atom is -0.468 e. The first-order valence-corrected chi connectivity index (χ1v) is 6.49. The minimum absolute atomic E-state index is 0.232. The summed E-state index contributed by atoms with van der Waals surface area (Å²) in [6.07, 6.45) is 4.35. The summed E-state index contributed by atoms with van der Waals surface area (Å²) in [6, 6.07) is 4.07. The van der Waals surface area contributed by atoms with E-state index < -0.39 is 10.8 Å². The summed E-state index contributed by atoms with van der Waals surface area (Å²) in [4.78, 5) is 0. The number of furan rings is 1. The van der Waals surface area contributed by atoms with E-state index in [1.807, 2.05) is 12.1 Å². The maximum Gasteiger partial charge on any atom is 0.120 e. The first-order valence-electron chi connectivity index (χ1n) is 4.77. The zero-order valence-corrected chi connectivity index (χ0v) is 9.47. The lowest BCUT2D eigenvalue weighted by atomic mass is 10.2. The number of rotatable bonds is 6. The van der Waals surface area contributed by atoms with E-state index >= 15 is 0 Å². The molecule has 0 aliphatic carbocycles. The summed E-state index contributed by atoms with van der Waals surface area (Å²) in [5, 5.41) is 3.31. The molecule has 0 fully saturated rings. The second-order valence-electron chi connectivity index (χ2n) is 3.32. The van der Waals surface area contributed by atoms with Gasteiger partial charge in [-0.3, -0.25) is 4.21 Å². The second-order valence-corrected chi connectivity index (χ2v) is 4.88. The molecule has 0 bridgehead atoms. The van der Waals surface area contributed by atoms with Gasteiger partial charge < -0.3 is 9.73 Å². The van der Waals surface area contributed by atoms with Crippen LogP contribution in [0.3, 0.4) is 0 Å². The van der Waals surface area contributed by atoms with Gasteiger partial charge in [-0.15, -0.1) is 0 Å². The predicted octanol–water partition coefficient (Wildman–Crippen LogP) is 1.70. The maximum atomic E-state index is 10.8. The highest BCUT2D eigenvalue weighted by Crippen LogP contribution is 2.11. The number of hydrogen-bond acceptors (Lipinski definition) is 3. The van der Waals surface area contributed by atoms with Crippen molar-refractivity contribution in [1.82, 2.24) is 5.32 Å². The molecule has 0 radical (unpaired) electrons. The number of hydrogen-bond donors (Lipinski definition) is 1. The Morgan fingerprint density at radius 1 is 1.64 bits per heavy atom. The van der Waals surface area contributed by atoms with Crippen molar-refractivity contribution < 1.29 is 8.63 Å². The summed E-state index contributed by atoms with van der Waals surface area (Å²) in [7, 11) is -0.680. The Hall–Kier alpha value is -0.610. The van der Waals surface area contributed by atoms with Crippen LogP contribution < -0.4 is 5.32 Å². The van der Waals surface area contributed by atoms with Crippen molar-refractivity contribution in [3.05, 3.63) is 24.2 Å². The fourth-order valence-corrected chi connectivity index (χ4v) is 1.78. The highest BCUT2D eigenvalue weighted by atomic mass is 32.2. The van der Waals surface area contributed by atoms with Gasteiger partial charge in [-0.25, -0.2) is 0 Å². The van der Waals surface area contributed by atoms with Gasteiger partial charge in [0.1, 0.15) is 5.76 Å². The fourth-order valence-electron chi connectivity index (χ4n) is 1.23. The molecule has 1 heterocycles. The molecular formula is C10H17NO2S. The van der Waals surface area contributed by atoms with Crippen molar-refractivity contribution in [3.63, 3.8) is 0 Å². The lowest BCUT2D eigenvalue weighted by Gasteiger charge is -2.10. The quantitative estimate of drug-likeness (QED) is 0.734. The molecule has 1 aromatic heterocycles. The van der Waals surface area contributed by atoms with Crippen LogP contribution in [0.15, 0.2) is 22.8 Å². The molecule has 2 unspecified atom stereocenters. The molecule has 0 aliphatic rings. The minimum atomic E-state index is -0.680.